The summed E-state index contributed by atoms with van der Waals surface area (Å²) in [7, 11) is -4.31. The van der Waals surface area contributed by atoms with E-state index in [1.54, 1.807) is 6.26 Å². The van der Waals surface area contributed by atoms with Gasteiger partial charge in [-0.2, -0.15) is 0 Å². The Balaban J connectivity index is 4.23. The molecule has 9 heteroatoms. The average Bonchev–Trinajstić information content (AvgIpc) is 3.13. The van der Waals surface area contributed by atoms with Gasteiger partial charge in [-0.25, -0.2) is 4.57 Å². The largest absolute Gasteiger partial charge is 0.498 e. The molecule has 0 amide bonds. The van der Waals surface area contributed by atoms with Crippen LogP contribution in [0.5, 0.6) is 0 Å². The van der Waals surface area contributed by atoms with Crippen LogP contribution < -0.4 is 5.73 Å². The van der Waals surface area contributed by atoms with E-state index in [1.807, 2.05) is 18.2 Å². The highest BCUT2D eigenvalue weighted by Crippen LogP contribution is 2.43. The van der Waals surface area contributed by atoms with Crippen LogP contribution in [0, 0.1) is 0 Å². The van der Waals surface area contributed by atoms with E-state index in [1.165, 1.54) is 116 Å². The summed E-state index contributed by atoms with van der Waals surface area (Å²) in [5, 5.41) is 0. The summed E-state index contributed by atoms with van der Waals surface area (Å²) >= 11 is 0. The zero-order valence-corrected chi connectivity index (χ0v) is 34.2. The molecule has 0 heterocycles. The summed E-state index contributed by atoms with van der Waals surface area (Å²) < 4.78 is 33.0. The molecule has 0 aromatic heterocycles. The molecule has 302 valence electrons. The number of carbonyl (C=O) groups is 1. The molecule has 3 N–H and O–H groups in total. The molecular formula is C43H78NO7P. The first-order chi connectivity index (χ1) is 25.4. The van der Waals surface area contributed by atoms with Crippen LogP contribution in [0.3, 0.4) is 0 Å². The van der Waals surface area contributed by atoms with E-state index in [-0.39, 0.29) is 32.8 Å². The average molecular weight is 752 g/mol. The predicted octanol–water partition coefficient (Wildman–Crippen LogP) is 12.5. The Hall–Kier alpha value is -1.96. The summed E-state index contributed by atoms with van der Waals surface area (Å²) in [4.78, 5) is 22.4. The fourth-order valence-corrected chi connectivity index (χ4v) is 6.20. The van der Waals surface area contributed by atoms with Gasteiger partial charge in [-0.1, -0.05) is 165 Å². The Morgan fingerprint density at radius 1 is 0.596 bits per heavy atom. The molecule has 2 unspecified atom stereocenters. The van der Waals surface area contributed by atoms with E-state index < -0.39 is 19.9 Å². The van der Waals surface area contributed by atoms with Gasteiger partial charge < -0.3 is 20.1 Å². The number of esters is 1. The van der Waals surface area contributed by atoms with E-state index in [0.717, 1.165) is 32.1 Å². The summed E-state index contributed by atoms with van der Waals surface area (Å²) in [5.41, 5.74) is 5.35. The number of rotatable bonds is 39. The van der Waals surface area contributed by atoms with Crippen molar-refractivity contribution in [3.05, 3.63) is 60.9 Å². The first-order valence-electron chi connectivity index (χ1n) is 20.8. The molecule has 0 fully saturated rings. The van der Waals surface area contributed by atoms with Crippen molar-refractivity contribution in [3.8, 4) is 0 Å². The molecule has 0 spiro atoms. The second kappa shape index (κ2) is 40.2. The van der Waals surface area contributed by atoms with Crippen LogP contribution in [0.25, 0.3) is 0 Å². The zero-order valence-electron chi connectivity index (χ0n) is 33.3. The number of hydrogen-bond acceptors (Lipinski definition) is 7. The van der Waals surface area contributed by atoms with Gasteiger partial charge in [-0.05, 0) is 57.4 Å². The number of nitrogens with two attached hydrogens (primary N) is 1. The summed E-state index contributed by atoms with van der Waals surface area (Å²) in [6, 6.07) is 0. The van der Waals surface area contributed by atoms with Crippen molar-refractivity contribution < 1.29 is 32.8 Å². The number of carbonyl (C=O) groups excluding carboxylic acids is 1. The Bertz CT molecular complexity index is 979. The summed E-state index contributed by atoms with van der Waals surface area (Å²) in [6.45, 7) is 4.14. The summed E-state index contributed by atoms with van der Waals surface area (Å²) in [6.07, 6.45) is 49.1. The number of phosphoric acid groups is 1. The third-order valence-corrected chi connectivity index (χ3v) is 9.50. The van der Waals surface area contributed by atoms with Gasteiger partial charge >= 0.3 is 13.8 Å². The normalized spacial score (nSPS) is 14.1. The van der Waals surface area contributed by atoms with E-state index in [4.69, 9.17) is 24.3 Å². The standard InChI is InChI=1S/C43H78NO7P/c1-3-5-7-9-11-13-15-17-19-21-22-24-26-28-30-32-34-36-43(45)51-42(41-50-52(46,47)49-39-37-44)40-48-38-35-33-31-29-27-25-23-20-18-16-14-12-10-8-6-4-2/h13,15,19,21,24,26,30,32,35,38,42H,3-12,14,16-18,20,22-23,25,27-29,31,33-34,36-37,39-41,44H2,1-2H3,(H,46,47). The lowest BCUT2D eigenvalue weighted by Gasteiger charge is -2.19. The number of phosphoric ester groups is 1. The Labute approximate surface area is 319 Å². The van der Waals surface area contributed by atoms with Crippen LogP contribution in [0.15, 0.2) is 60.9 Å². The van der Waals surface area contributed by atoms with Crippen LogP contribution in [-0.4, -0.2) is 43.3 Å². The first kappa shape index (κ1) is 50.0. The van der Waals surface area contributed by atoms with Crippen LogP contribution in [-0.2, 0) is 27.9 Å². The molecule has 2 atom stereocenters. The van der Waals surface area contributed by atoms with Crippen molar-refractivity contribution in [2.45, 2.75) is 180 Å². The molecule has 0 saturated carbocycles. The van der Waals surface area contributed by atoms with Crippen molar-refractivity contribution >= 4 is 13.8 Å². The topological polar surface area (TPSA) is 117 Å². The summed E-state index contributed by atoms with van der Waals surface area (Å²) in [5.74, 6) is -0.431. The minimum Gasteiger partial charge on any atom is -0.498 e. The van der Waals surface area contributed by atoms with Gasteiger partial charge in [0.25, 0.3) is 0 Å². The molecule has 0 aliphatic rings. The highest BCUT2D eigenvalue weighted by Gasteiger charge is 2.25. The van der Waals surface area contributed by atoms with Gasteiger partial charge in [0.2, 0.25) is 0 Å². The molecule has 0 aromatic rings. The van der Waals surface area contributed by atoms with Crippen LogP contribution in [0.1, 0.15) is 174 Å². The van der Waals surface area contributed by atoms with Gasteiger partial charge in [0, 0.05) is 13.0 Å². The smallest absolute Gasteiger partial charge is 0.472 e. The number of ether oxygens (including phenoxy) is 2. The van der Waals surface area contributed by atoms with Crippen molar-refractivity contribution in [2.24, 2.45) is 5.73 Å². The van der Waals surface area contributed by atoms with Gasteiger partial charge in [-0.15, -0.1) is 0 Å². The molecule has 0 rings (SSSR count). The predicted molar refractivity (Wildman–Crippen MR) is 219 cm³/mol. The lowest BCUT2D eigenvalue weighted by molar-refractivity contribution is -0.153. The maximum Gasteiger partial charge on any atom is 0.472 e. The monoisotopic (exact) mass is 752 g/mol. The third kappa shape index (κ3) is 39.3. The molecule has 0 aliphatic heterocycles. The van der Waals surface area contributed by atoms with E-state index >= 15 is 0 Å². The zero-order chi connectivity index (χ0) is 38.1. The minimum atomic E-state index is -4.31. The Morgan fingerprint density at radius 3 is 1.56 bits per heavy atom. The number of allylic oxidation sites excluding steroid dienone is 9. The van der Waals surface area contributed by atoms with Crippen molar-refractivity contribution in [2.75, 3.05) is 26.4 Å². The highest BCUT2D eigenvalue weighted by molar-refractivity contribution is 7.47. The fourth-order valence-electron chi connectivity index (χ4n) is 5.44. The van der Waals surface area contributed by atoms with Gasteiger partial charge in [0.05, 0.1) is 19.5 Å². The molecule has 8 nitrogen and oxygen atoms in total. The minimum absolute atomic E-state index is 0.00227. The molecule has 0 radical (unpaired) electrons. The fraction of sp³-hybridized carbons (Fsp3) is 0.744. The van der Waals surface area contributed by atoms with Crippen molar-refractivity contribution in [3.63, 3.8) is 0 Å². The Kier molecular flexibility index (Phi) is 38.7. The second-order valence-electron chi connectivity index (χ2n) is 13.6. The maximum atomic E-state index is 12.5. The van der Waals surface area contributed by atoms with E-state index in [0.29, 0.717) is 6.42 Å². The van der Waals surface area contributed by atoms with Crippen LogP contribution in [0.4, 0.5) is 0 Å². The molecule has 0 aliphatic carbocycles. The molecular weight excluding hydrogens is 673 g/mol. The first-order valence-corrected chi connectivity index (χ1v) is 22.3. The number of unbranched alkanes of at least 4 members (excludes halogenated alkanes) is 18. The van der Waals surface area contributed by atoms with Crippen molar-refractivity contribution in [1.82, 2.24) is 0 Å². The molecule has 0 aromatic carbocycles. The number of hydrogen-bond donors (Lipinski definition) is 2. The Morgan fingerprint density at radius 2 is 1.04 bits per heavy atom. The maximum absolute atomic E-state index is 12.5. The third-order valence-electron chi connectivity index (χ3n) is 8.52. The van der Waals surface area contributed by atoms with E-state index in [2.05, 4.69) is 50.3 Å². The lowest BCUT2D eigenvalue weighted by atomic mass is 10.0. The van der Waals surface area contributed by atoms with Crippen molar-refractivity contribution in [1.29, 1.82) is 0 Å². The molecule has 0 saturated heterocycles. The lowest BCUT2D eigenvalue weighted by Crippen LogP contribution is -2.27. The molecule has 52 heavy (non-hydrogen) atoms. The van der Waals surface area contributed by atoms with E-state index in [9.17, 15) is 14.3 Å². The highest BCUT2D eigenvalue weighted by atomic mass is 31.2. The van der Waals surface area contributed by atoms with Gasteiger partial charge in [0.15, 0.2) is 6.10 Å². The van der Waals surface area contributed by atoms with Crippen LogP contribution >= 0.6 is 7.82 Å². The van der Waals surface area contributed by atoms with Crippen LogP contribution in [0.2, 0.25) is 0 Å². The van der Waals surface area contributed by atoms with Gasteiger partial charge in [0.1, 0.15) is 6.61 Å². The second-order valence-corrected chi connectivity index (χ2v) is 15.0. The SMILES string of the molecule is CCCCCCC=CCC=CCC=CCC=CCCC(=O)OC(COC=CCCCCCCCCCCCCCCCC)COP(=O)(O)OCCN. The molecule has 0 bridgehead atoms. The quantitative estimate of drug-likeness (QED) is 0.0210. The van der Waals surface area contributed by atoms with Gasteiger partial charge in [-0.3, -0.25) is 13.8 Å².